The van der Waals surface area contributed by atoms with Crippen molar-refractivity contribution in [2.24, 2.45) is 0 Å². The molecular weight excluding hydrogens is 282 g/mol. The molecule has 4 nitrogen and oxygen atoms in total. The first-order valence-electron chi connectivity index (χ1n) is 7.41. The van der Waals surface area contributed by atoms with Gasteiger partial charge in [0.2, 0.25) is 5.91 Å². The number of hydrogen-bond donors (Lipinski definition) is 1. The van der Waals surface area contributed by atoms with Crippen LogP contribution in [0.5, 0.6) is 0 Å². The number of nitrogens with one attached hydrogen (secondary N) is 1. The minimum absolute atomic E-state index is 0.115. The molecule has 0 radical (unpaired) electrons. The van der Waals surface area contributed by atoms with Crippen LogP contribution in [0, 0.1) is 0 Å². The van der Waals surface area contributed by atoms with Crippen LogP contribution >= 0.6 is 11.3 Å². The van der Waals surface area contributed by atoms with Crippen LogP contribution in [0.2, 0.25) is 0 Å². The van der Waals surface area contributed by atoms with Crippen molar-refractivity contribution in [3.05, 3.63) is 35.6 Å². The minimum Gasteiger partial charge on any atom is -0.356 e. The Morgan fingerprint density at radius 1 is 1.29 bits per heavy atom. The fraction of sp³-hybridized carbons (Fsp3) is 0.438. The average molecular weight is 303 g/mol. The molecular formula is C16H21N3OS. The molecule has 0 aliphatic carbocycles. The van der Waals surface area contributed by atoms with Crippen molar-refractivity contribution >= 4 is 17.2 Å². The maximum Gasteiger partial charge on any atom is 0.220 e. The summed E-state index contributed by atoms with van der Waals surface area (Å²) in [6.45, 7) is 2.94. The Bertz CT molecular complexity index is 554. The molecule has 5 heteroatoms. The lowest BCUT2D eigenvalue weighted by molar-refractivity contribution is -0.121. The first-order valence-corrected chi connectivity index (χ1v) is 8.29. The summed E-state index contributed by atoms with van der Waals surface area (Å²) in [5.41, 5.74) is 2.06. The molecule has 1 amide bonds. The molecule has 2 rings (SSSR count). The number of amides is 1. The topological polar surface area (TPSA) is 54.9 Å². The lowest BCUT2D eigenvalue weighted by Crippen LogP contribution is -2.24. The highest BCUT2D eigenvalue weighted by Crippen LogP contribution is 2.23. The molecule has 2 aromatic rings. The van der Waals surface area contributed by atoms with Gasteiger partial charge in [0.15, 0.2) is 0 Å². The smallest absolute Gasteiger partial charge is 0.220 e. The van der Waals surface area contributed by atoms with E-state index in [0.29, 0.717) is 12.8 Å². The molecule has 0 saturated carbocycles. The van der Waals surface area contributed by atoms with Gasteiger partial charge in [-0.25, -0.2) is 4.98 Å². The van der Waals surface area contributed by atoms with Gasteiger partial charge in [0.25, 0.3) is 0 Å². The van der Waals surface area contributed by atoms with E-state index in [4.69, 9.17) is 0 Å². The maximum atomic E-state index is 11.7. The molecule has 0 atom stereocenters. The van der Waals surface area contributed by atoms with Crippen LogP contribution < -0.4 is 5.32 Å². The fourth-order valence-corrected chi connectivity index (χ4v) is 2.84. The van der Waals surface area contributed by atoms with Gasteiger partial charge in [-0.05, 0) is 25.0 Å². The highest BCUT2D eigenvalue weighted by molar-refractivity contribution is 7.13. The van der Waals surface area contributed by atoms with E-state index in [2.05, 4.69) is 22.2 Å². The van der Waals surface area contributed by atoms with Crippen LogP contribution in [-0.4, -0.2) is 22.4 Å². The summed E-state index contributed by atoms with van der Waals surface area (Å²) in [5, 5.41) is 5.96. The lowest BCUT2D eigenvalue weighted by atomic mass is 10.2. The fourth-order valence-electron chi connectivity index (χ4n) is 1.98. The van der Waals surface area contributed by atoms with Crippen molar-refractivity contribution in [1.29, 1.82) is 0 Å². The Morgan fingerprint density at radius 2 is 2.10 bits per heavy atom. The summed E-state index contributed by atoms with van der Waals surface area (Å²) in [4.78, 5) is 20.3. The Balaban J connectivity index is 1.77. The molecule has 0 spiro atoms. The number of carbonyl (C=O) groups excluding carboxylic acids is 1. The van der Waals surface area contributed by atoms with Crippen molar-refractivity contribution in [1.82, 2.24) is 15.3 Å². The minimum atomic E-state index is 0.115. The summed E-state index contributed by atoms with van der Waals surface area (Å²) in [5.74, 6) is 0.115. The zero-order valence-corrected chi connectivity index (χ0v) is 13.2. The Morgan fingerprint density at radius 3 is 2.86 bits per heavy atom. The zero-order chi connectivity index (χ0) is 14.9. The first kappa shape index (κ1) is 15.6. The third-order valence-electron chi connectivity index (χ3n) is 3.19. The second-order valence-electron chi connectivity index (χ2n) is 4.94. The van der Waals surface area contributed by atoms with Crippen molar-refractivity contribution in [3.8, 4) is 10.6 Å². The summed E-state index contributed by atoms with van der Waals surface area (Å²) in [6, 6.07) is 3.89. The summed E-state index contributed by atoms with van der Waals surface area (Å²) >= 11 is 1.61. The number of pyridine rings is 1. The highest BCUT2D eigenvalue weighted by atomic mass is 32.1. The SMILES string of the molecule is CCCCCNC(=O)CCc1csc(-c2ccncc2)n1. The molecule has 0 unspecified atom stereocenters. The summed E-state index contributed by atoms with van der Waals surface area (Å²) in [7, 11) is 0. The molecule has 2 aromatic heterocycles. The number of rotatable bonds is 8. The molecule has 21 heavy (non-hydrogen) atoms. The predicted molar refractivity (Wildman–Crippen MR) is 86.2 cm³/mol. The number of nitrogens with zero attached hydrogens (tertiary/aromatic N) is 2. The van der Waals surface area contributed by atoms with Crippen LogP contribution in [0.4, 0.5) is 0 Å². The number of hydrogen-bond acceptors (Lipinski definition) is 4. The highest BCUT2D eigenvalue weighted by Gasteiger charge is 2.07. The summed E-state index contributed by atoms with van der Waals surface area (Å²) in [6.07, 6.45) is 8.13. The monoisotopic (exact) mass is 303 g/mol. The van der Waals surface area contributed by atoms with Gasteiger partial charge >= 0.3 is 0 Å². The number of carbonyl (C=O) groups is 1. The number of thiazole rings is 1. The van der Waals surface area contributed by atoms with E-state index in [-0.39, 0.29) is 5.91 Å². The molecule has 0 saturated heterocycles. The first-order chi connectivity index (χ1) is 10.3. The Hall–Kier alpha value is -1.75. The van der Waals surface area contributed by atoms with Gasteiger partial charge in [-0.1, -0.05) is 19.8 Å². The van der Waals surface area contributed by atoms with Gasteiger partial charge in [-0.3, -0.25) is 9.78 Å². The van der Waals surface area contributed by atoms with Crippen LogP contribution in [0.3, 0.4) is 0 Å². The van der Waals surface area contributed by atoms with E-state index >= 15 is 0 Å². The van der Waals surface area contributed by atoms with Gasteiger partial charge in [0.1, 0.15) is 5.01 Å². The molecule has 112 valence electrons. The van der Waals surface area contributed by atoms with E-state index < -0.39 is 0 Å². The number of aromatic nitrogens is 2. The van der Waals surface area contributed by atoms with Crippen molar-refractivity contribution in [3.63, 3.8) is 0 Å². The van der Waals surface area contributed by atoms with Gasteiger partial charge in [-0.15, -0.1) is 11.3 Å². The van der Waals surface area contributed by atoms with Crippen LogP contribution in [0.1, 0.15) is 38.3 Å². The van der Waals surface area contributed by atoms with E-state index in [1.165, 1.54) is 12.8 Å². The number of unbranched alkanes of at least 4 members (excludes halogenated alkanes) is 2. The summed E-state index contributed by atoms with van der Waals surface area (Å²) < 4.78 is 0. The van der Waals surface area contributed by atoms with E-state index in [9.17, 15) is 4.79 Å². The standard InChI is InChI=1S/C16H21N3OS/c1-2-3-4-9-18-15(20)6-5-14-12-21-16(19-14)13-7-10-17-11-8-13/h7-8,10-12H,2-6,9H2,1H3,(H,18,20). The van der Waals surface area contributed by atoms with Crippen molar-refractivity contribution in [2.45, 2.75) is 39.0 Å². The van der Waals surface area contributed by atoms with Crippen molar-refractivity contribution in [2.75, 3.05) is 6.54 Å². The molecule has 0 aliphatic rings. The molecule has 0 aromatic carbocycles. The maximum absolute atomic E-state index is 11.7. The molecule has 0 bridgehead atoms. The predicted octanol–water partition coefficient (Wildman–Crippen LogP) is 3.44. The second-order valence-corrected chi connectivity index (χ2v) is 5.80. The Kier molecular flexibility index (Phi) is 6.34. The van der Waals surface area contributed by atoms with Gasteiger partial charge < -0.3 is 5.32 Å². The quantitative estimate of drug-likeness (QED) is 0.760. The number of aryl methyl sites for hydroxylation is 1. The zero-order valence-electron chi connectivity index (χ0n) is 12.3. The van der Waals surface area contributed by atoms with Gasteiger partial charge in [0, 0.05) is 36.3 Å². The van der Waals surface area contributed by atoms with Crippen LogP contribution in [0.15, 0.2) is 29.9 Å². The van der Waals surface area contributed by atoms with Gasteiger partial charge in [0.05, 0.1) is 5.69 Å². The van der Waals surface area contributed by atoms with Gasteiger partial charge in [-0.2, -0.15) is 0 Å². The van der Waals surface area contributed by atoms with E-state index in [0.717, 1.165) is 29.2 Å². The largest absolute Gasteiger partial charge is 0.356 e. The average Bonchev–Trinajstić information content (AvgIpc) is 2.99. The Labute approximate surface area is 129 Å². The molecule has 0 fully saturated rings. The van der Waals surface area contributed by atoms with Crippen LogP contribution in [-0.2, 0) is 11.2 Å². The van der Waals surface area contributed by atoms with Crippen molar-refractivity contribution < 1.29 is 4.79 Å². The van der Waals surface area contributed by atoms with E-state index in [1.54, 1.807) is 23.7 Å². The molecule has 2 heterocycles. The third kappa shape index (κ3) is 5.27. The van der Waals surface area contributed by atoms with Crippen LogP contribution in [0.25, 0.3) is 10.6 Å². The third-order valence-corrected chi connectivity index (χ3v) is 4.13. The lowest BCUT2D eigenvalue weighted by Gasteiger charge is -2.03. The normalized spacial score (nSPS) is 10.5. The second kappa shape index (κ2) is 8.52. The molecule has 0 aliphatic heterocycles. The molecule has 1 N–H and O–H groups in total. The van der Waals surface area contributed by atoms with E-state index in [1.807, 2.05) is 17.5 Å².